The second-order valence-electron chi connectivity index (χ2n) is 2.51. The molecule has 0 fully saturated rings. The molecular formula is C12H32NO5Ta-. The second kappa shape index (κ2) is 64.0. The van der Waals surface area contributed by atoms with Crippen molar-refractivity contribution in [3.05, 3.63) is 6.54 Å². The SMILES string of the molecule is CCO.CCO.CCO.CCO.CN(C)[CH-]C=O.[Ta]. The van der Waals surface area contributed by atoms with Crippen LogP contribution in [-0.2, 0) is 27.2 Å². The van der Waals surface area contributed by atoms with Crippen molar-refractivity contribution in [2.45, 2.75) is 27.7 Å². The zero-order valence-electron chi connectivity index (χ0n) is 13.1. The van der Waals surface area contributed by atoms with E-state index in [1.165, 1.54) is 6.54 Å². The van der Waals surface area contributed by atoms with Gasteiger partial charge in [-0.2, -0.15) is 0 Å². The Hall–Kier alpha value is 0.0803. The smallest absolute Gasteiger partial charge is 0.0402 e. The average Bonchev–Trinajstić information content (AvgIpc) is 2.21. The van der Waals surface area contributed by atoms with E-state index in [4.69, 9.17) is 20.4 Å². The van der Waals surface area contributed by atoms with Crippen molar-refractivity contribution in [1.29, 1.82) is 0 Å². The summed E-state index contributed by atoms with van der Waals surface area (Å²) in [5.41, 5.74) is 0. The second-order valence-corrected chi connectivity index (χ2v) is 2.51. The molecule has 0 bridgehead atoms. The Kier molecular flexibility index (Phi) is 123. The topological polar surface area (TPSA) is 101 Å². The number of nitrogens with zero attached hydrogens (tertiary/aromatic N) is 1. The molecule has 1 radical (unpaired) electrons. The molecule has 6 nitrogen and oxygen atoms in total. The van der Waals surface area contributed by atoms with Crippen molar-refractivity contribution in [3.8, 4) is 0 Å². The molecular weight excluding hydrogens is 419 g/mol. The molecule has 0 saturated carbocycles. The Labute approximate surface area is 134 Å². The molecule has 19 heavy (non-hydrogen) atoms. The molecule has 0 heterocycles. The summed E-state index contributed by atoms with van der Waals surface area (Å²) in [4.78, 5) is 11.2. The third kappa shape index (κ3) is 493. The Balaban J connectivity index is -0.0000000287. The number of aliphatic hydroxyl groups is 4. The summed E-state index contributed by atoms with van der Waals surface area (Å²) < 4.78 is 0. The summed E-state index contributed by atoms with van der Waals surface area (Å²) in [6.45, 7) is 9.17. The Morgan fingerprint density at radius 3 is 1.00 bits per heavy atom. The van der Waals surface area contributed by atoms with Crippen LogP contribution in [-0.4, -0.2) is 72.1 Å². The van der Waals surface area contributed by atoms with Crippen molar-refractivity contribution in [2.75, 3.05) is 40.5 Å². The first-order valence-corrected chi connectivity index (χ1v) is 5.81. The van der Waals surface area contributed by atoms with E-state index < -0.39 is 0 Å². The minimum absolute atomic E-state index is 0. The van der Waals surface area contributed by atoms with Crippen LogP contribution >= 0.6 is 0 Å². The zero-order chi connectivity index (χ0) is 15.8. The molecule has 0 aromatic carbocycles. The molecule has 0 aliphatic rings. The predicted octanol–water partition coefficient (Wildman–Crippen LogP) is -0.0994. The number of hydrogen-bond donors (Lipinski definition) is 4. The Morgan fingerprint density at radius 1 is 0.842 bits per heavy atom. The molecule has 0 spiro atoms. The Morgan fingerprint density at radius 2 is 1.00 bits per heavy atom. The summed E-state index contributed by atoms with van der Waals surface area (Å²) in [5.74, 6) is 0. The van der Waals surface area contributed by atoms with Crippen LogP contribution in [0.3, 0.4) is 0 Å². The van der Waals surface area contributed by atoms with Gasteiger partial charge in [0, 0.05) is 48.8 Å². The molecule has 7 heteroatoms. The molecule has 0 saturated heterocycles. The molecule has 0 aliphatic heterocycles. The third-order valence-electron chi connectivity index (χ3n) is 0.359. The number of hydrogen-bond acceptors (Lipinski definition) is 6. The van der Waals surface area contributed by atoms with Gasteiger partial charge in [0.05, 0.1) is 0 Å². The van der Waals surface area contributed by atoms with Gasteiger partial charge in [0.25, 0.3) is 0 Å². The van der Waals surface area contributed by atoms with Crippen molar-refractivity contribution < 1.29 is 47.6 Å². The number of aldehydes is 1. The van der Waals surface area contributed by atoms with E-state index in [2.05, 4.69) is 0 Å². The van der Waals surface area contributed by atoms with Crippen LogP contribution in [0, 0.1) is 6.54 Å². The summed E-state index contributed by atoms with van der Waals surface area (Å²) in [6.07, 6.45) is 0.750. The number of rotatable bonds is 2. The van der Waals surface area contributed by atoms with Gasteiger partial charge in [-0.25, -0.2) is 0 Å². The Bertz CT molecular complexity index is 90.2. The zero-order valence-corrected chi connectivity index (χ0v) is 16.3. The first-order valence-electron chi connectivity index (χ1n) is 5.81. The van der Waals surface area contributed by atoms with E-state index >= 15 is 0 Å². The minimum Gasteiger partial charge on any atom is -0.440 e. The third-order valence-corrected chi connectivity index (χ3v) is 0.359. The number of aliphatic hydroxyl groups excluding tert-OH is 4. The maximum absolute atomic E-state index is 9.52. The van der Waals surface area contributed by atoms with Crippen molar-refractivity contribution in [1.82, 2.24) is 4.90 Å². The van der Waals surface area contributed by atoms with Crippen LogP contribution in [0.2, 0.25) is 0 Å². The van der Waals surface area contributed by atoms with Gasteiger partial charge in [-0.1, -0.05) is 0 Å². The van der Waals surface area contributed by atoms with Crippen molar-refractivity contribution >= 4 is 6.29 Å². The van der Waals surface area contributed by atoms with E-state index in [9.17, 15) is 4.79 Å². The van der Waals surface area contributed by atoms with Gasteiger partial charge in [-0.05, 0) is 48.1 Å². The van der Waals surface area contributed by atoms with Crippen LogP contribution in [0.25, 0.3) is 0 Å². The fourth-order valence-corrected chi connectivity index (χ4v) is 0.122. The average molecular weight is 451 g/mol. The fourth-order valence-electron chi connectivity index (χ4n) is 0.122. The van der Waals surface area contributed by atoms with Gasteiger partial charge in [-0.15, -0.1) is 0 Å². The van der Waals surface area contributed by atoms with Gasteiger partial charge < -0.3 is 30.1 Å². The van der Waals surface area contributed by atoms with E-state index in [-0.39, 0.29) is 48.8 Å². The summed E-state index contributed by atoms with van der Waals surface area (Å²) in [7, 11) is 3.60. The maximum atomic E-state index is 9.52. The molecule has 0 atom stereocenters. The van der Waals surface area contributed by atoms with E-state index in [0.717, 1.165) is 6.29 Å². The fraction of sp³-hybridized carbons (Fsp3) is 0.833. The first kappa shape index (κ1) is 36.5. The molecule has 0 aromatic rings. The van der Waals surface area contributed by atoms with Gasteiger partial charge in [0.15, 0.2) is 0 Å². The summed E-state index contributed by atoms with van der Waals surface area (Å²) in [6, 6.07) is 0. The summed E-state index contributed by atoms with van der Waals surface area (Å²) >= 11 is 0. The summed E-state index contributed by atoms with van der Waals surface area (Å²) in [5, 5.41) is 30.3. The standard InChI is InChI=1S/C4H8NO.4C2H6O.Ta/c1-5(2)3-4-6;4*1-2-3;/h3-4H,1-2H3;4*3H,2H2,1H3;/q-1;;;;;. The number of carbonyl (C=O) groups is 1. The van der Waals surface area contributed by atoms with Crippen LogP contribution < -0.4 is 0 Å². The quantitative estimate of drug-likeness (QED) is 0.346. The van der Waals surface area contributed by atoms with Gasteiger partial charge >= 0.3 is 0 Å². The largest absolute Gasteiger partial charge is 0.440 e. The first-order chi connectivity index (χ1) is 8.43. The van der Waals surface area contributed by atoms with Gasteiger partial charge in [0.1, 0.15) is 0 Å². The maximum Gasteiger partial charge on any atom is 0.0402 e. The normalized spacial score (nSPS) is 6.47. The number of carbonyl (C=O) groups excluding carboxylic acids is 1. The van der Waals surface area contributed by atoms with E-state index in [1.54, 1.807) is 46.7 Å². The molecule has 0 rings (SSSR count). The van der Waals surface area contributed by atoms with Crippen molar-refractivity contribution in [3.63, 3.8) is 0 Å². The van der Waals surface area contributed by atoms with Crippen LogP contribution in [0.5, 0.6) is 0 Å². The monoisotopic (exact) mass is 451 g/mol. The van der Waals surface area contributed by atoms with Crippen LogP contribution in [0.15, 0.2) is 0 Å². The van der Waals surface area contributed by atoms with Gasteiger partial charge in [-0.3, -0.25) is 6.54 Å². The molecule has 0 amide bonds. The molecule has 0 aliphatic carbocycles. The van der Waals surface area contributed by atoms with Gasteiger partial charge in [0.2, 0.25) is 0 Å². The number of likely N-dealkylation sites (N-methyl/N-ethyl adjacent to an activating group) is 1. The van der Waals surface area contributed by atoms with Crippen LogP contribution in [0.4, 0.5) is 0 Å². The van der Waals surface area contributed by atoms with E-state index in [0.29, 0.717) is 0 Å². The predicted molar refractivity (Wildman–Crippen MR) is 75.1 cm³/mol. The molecule has 121 valence electrons. The molecule has 0 unspecified atom stereocenters. The van der Waals surface area contributed by atoms with E-state index in [1.807, 2.05) is 0 Å². The van der Waals surface area contributed by atoms with Crippen LogP contribution in [0.1, 0.15) is 27.7 Å². The molecule has 0 aromatic heterocycles. The molecule has 4 N–H and O–H groups in total. The minimum atomic E-state index is 0. The van der Waals surface area contributed by atoms with Crippen molar-refractivity contribution in [2.24, 2.45) is 0 Å².